The molecule has 0 heterocycles. The van der Waals surface area contributed by atoms with E-state index in [4.69, 9.17) is 0 Å². The topological polar surface area (TPSA) is 72.2 Å². The fourth-order valence-corrected chi connectivity index (χ4v) is 2.03. The summed E-state index contributed by atoms with van der Waals surface area (Å²) in [5.74, 6) is -2.75. The van der Waals surface area contributed by atoms with Gasteiger partial charge in [0, 0.05) is 16.6 Å². The van der Waals surface area contributed by atoms with E-state index in [0.29, 0.717) is 0 Å². The third-order valence-corrected chi connectivity index (χ3v) is 3.30. The number of benzene rings is 2. The minimum absolute atomic E-state index is 0.105. The van der Waals surface area contributed by atoms with E-state index < -0.39 is 28.2 Å². The van der Waals surface area contributed by atoms with Gasteiger partial charge in [0.1, 0.15) is 17.3 Å². The number of non-ortho nitro benzene ring substituents is 1. The van der Waals surface area contributed by atoms with Gasteiger partial charge < -0.3 is 5.32 Å². The fraction of sp³-hybridized carbons (Fsp3) is 0. The van der Waals surface area contributed by atoms with Crippen LogP contribution in [0.4, 0.5) is 20.2 Å². The molecule has 0 fully saturated rings. The van der Waals surface area contributed by atoms with Crippen molar-refractivity contribution in [2.45, 2.75) is 0 Å². The minimum Gasteiger partial charge on any atom is -0.317 e. The Morgan fingerprint density at radius 3 is 2.38 bits per heavy atom. The highest BCUT2D eigenvalue weighted by Gasteiger charge is 2.18. The summed E-state index contributed by atoms with van der Waals surface area (Å²) in [7, 11) is 0. The quantitative estimate of drug-likeness (QED) is 0.669. The van der Waals surface area contributed by atoms with Crippen molar-refractivity contribution < 1.29 is 18.5 Å². The smallest absolute Gasteiger partial charge is 0.270 e. The van der Waals surface area contributed by atoms with Crippen LogP contribution in [0, 0.1) is 21.7 Å². The van der Waals surface area contributed by atoms with E-state index in [9.17, 15) is 23.7 Å². The monoisotopic (exact) mass is 356 g/mol. The number of carbonyl (C=O) groups excluding carboxylic acids is 1. The molecule has 5 nitrogen and oxygen atoms in total. The zero-order valence-electron chi connectivity index (χ0n) is 10.3. The molecule has 0 aliphatic carbocycles. The van der Waals surface area contributed by atoms with Gasteiger partial charge in [-0.05, 0) is 34.1 Å². The van der Waals surface area contributed by atoms with Crippen LogP contribution in [0.25, 0.3) is 0 Å². The molecule has 108 valence electrons. The van der Waals surface area contributed by atoms with Crippen LogP contribution in [0.15, 0.2) is 40.9 Å². The van der Waals surface area contributed by atoms with E-state index in [-0.39, 0.29) is 15.7 Å². The SMILES string of the molecule is O=C(Nc1c(F)cccc1F)c1cc([N+](=O)[O-])ccc1Br. The van der Waals surface area contributed by atoms with Crippen LogP contribution in [-0.4, -0.2) is 10.8 Å². The summed E-state index contributed by atoms with van der Waals surface area (Å²) < 4.78 is 27.2. The van der Waals surface area contributed by atoms with Gasteiger partial charge in [-0.3, -0.25) is 14.9 Å². The van der Waals surface area contributed by atoms with Crippen molar-refractivity contribution in [2.75, 3.05) is 5.32 Å². The summed E-state index contributed by atoms with van der Waals surface area (Å²) in [4.78, 5) is 22.0. The summed E-state index contributed by atoms with van der Waals surface area (Å²) in [6.45, 7) is 0. The highest BCUT2D eigenvalue weighted by molar-refractivity contribution is 9.10. The Bertz CT molecular complexity index is 717. The molecule has 1 amide bonds. The van der Waals surface area contributed by atoms with E-state index in [2.05, 4.69) is 21.2 Å². The Kier molecular flexibility index (Phi) is 4.27. The second kappa shape index (κ2) is 5.96. The third-order valence-electron chi connectivity index (χ3n) is 2.61. The first-order valence-electron chi connectivity index (χ1n) is 5.59. The minimum atomic E-state index is -0.940. The molecule has 0 bridgehead atoms. The predicted molar refractivity (Wildman–Crippen MR) is 75.1 cm³/mol. The van der Waals surface area contributed by atoms with Gasteiger partial charge in [-0.1, -0.05) is 6.07 Å². The number of hydrogen-bond donors (Lipinski definition) is 1. The van der Waals surface area contributed by atoms with E-state index in [1.807, 2.05) is 0 Å². The van der Waals surface area contributed by atoms with Crippen LogP contribution in [0.1, 0.15) is 10.4 Å². The van der Waals surface area contributed by atoms with Crippen LogP contribution < -0.4 is 5.32 Å². The molecule has 21 heavy (non-hydrogen) atoms. The van der Waals surface area contributed by atoms with Crippen molar-refractivity contribution >= 4 is 33.2 Å². The van der Waals surface area contributed by atoms with Gasteiger partial charge >= 0.3 is 0 Å². The molecule has 2 aromatic rings. The predicted octanol–water partition coefficient (Wildman–Crippen LogP) is 3.89. The molecule has 0 aliphatic rings. The first-order valence-corrected chi connectivity index (χ1v) is 6.38. The summed E-state index contributed by atoms with van der Waals surface area (Å²) in [6.07, 6.45) is 0. The van der Waals surface area contributed by atoms with Crippen molar-refractivity contribution in [3.05, 3.63) is 68.2 Å². The van der Waals surface area contributed by atoms with Gasteiger partial charge in [0.05, 0.1) is 10.5 Å². The van der Waals surface area contributed by atoms with Crippen molar-refractivity contribution in [1.29, 1.82) is 0 Å². The number of anilines is 1. The summed E-state index contributed by atoms with van der Waals surface area (Å²) >= 11 is 3.06. The van der Waals surface area contributed by atoms with Crippen LogP contribution >= 0.6 is 15.9 Å². The van der Waals surface area contributed by atoms with Gasteiger partial charge in [0.2, 0.25) is 0 Å². The number of amides is 1. The lowest BCUT2D eigenvalue weighted by Gasteiger charge is -2.08. The number of nitro benzene ring substituents is 1. The lowest BCUT2D eigenvalue weighted by molar-refractivity contribution is -0.384. The van der Waals surface area contributed by atoms with Crippen molar-refractivity contribution in [2.24, 2.45) is 0 Å². The maximum absolute atomic E-state index is 13.5. The highest BCUT2D eigenvalue weighted by atomic mass is 79.9. The standard InChI is InChI=1S/C13H7BrF2N2O3/c14-9-5-4-7(18(20)21)6-8(9)13(19)17-12-10(15)2-1-3-11(12)16/h1-6H,(H,17,19). The Morgan fingerprint density at radius 1 is 1.19 bits per heavy atom. The summed E-state index contributed by atoms with van der Waals surface area (Å²) in [6, 6.07) is 6.65. The van der Waals surface area contributed by atoms with Gasteiger partial charge in [0.15, 0.2) is 0 Å². The van der Waals surface area contributed by atoms with Crippen LogP contribution in [0.3, 0.4) is 0 Å². The van der Waals surface area contributed by atoms with Gasteiger partial charge in [-0.15, -0.1) is 0 Å². The molecule has 1 N–H and O–H groups in total. The lowest BCUT2D eigenvalue weighted by Crippen LogP contribution is -2.15. The van der Waals surface area contributed by atoms with Crippen LogP contribution in [-0.2, 0) is 0 Å². The fourth-order valence-electron chi connectivity index (χ4n) is 1.60. The van der Waals surface area contributed by atoms with E-state index in [0.717, 1.165) is 24.3 Å². The largest absolute Gasteiger partial charge is 0.317 e. The second-order valence-corrected chi connectivity index (χ2v) is 4.83. The maximum Gasteiger partial charge on any atom is 0.270 e. The second-order valence-electron chi connectivity index (χ2n) is 3.97. The molecule has 0 saturated heterocycles. The van der Waals surface area contributed by atoms with Crippen LogP contribution in [0.2, 0.25) is 0 Å². The van der Waals surface area contributed by atoms with E-state index in [1.165, 1.54) is 12.1 Å². The number of rotatable bonds is 3. The number of carbonyl (C=O) groups is 1. The van der Waals surface area contributed by atoms with Crippen molar-refractivity contribution in [3.8, 4) is 0 Å². The Morgan fingerprint density at radius 2 is 1.81 bits per heavy atom. The lowest BCUT2D eigenvalue weighted by atomic mass is 10.2. The average Bonchev–Trinajstić information content (AvgIpc) is 2.43. The molecular formula is C13H7BrF2N2O3. The summed E-state index contributed by atoms with van der Waals surface area (Å²) in [5, 5.41) is 12.8. The Hall–Kier alpha value is -2.35. The zero-order chi connectivity index (χ0) is 15.6. The normalized spacial score (nSPS) is 10.2. The van der Waals surface area contributed by atoms with Crippen LogP contribution in [0.5, 0.6) is 0 Å². The number of nitrogens with zero attached hydrogens (tertiary/aromatic N) is 1. The number of nitrogens with one attached hydrogen (secondary N) is 1. The maximum atomic E-state index is 13.5. The number of para-hydroxylation sites is 1. The molecule has 2 rings (SSSR count). The molecule has 0 aromatic heterocycles. The number of halogens is 3. The zero-order valence-corrected chi connectivity index (χ0v) is 11.9. The first kappa shape index (κ1) is 15.0. The third kappa shape index (κ3) is 3.22. The molecule has 2 aromatic carbocycles. The van der Waals surface area contributed by atoms with Gasteiger partial charge in [-0.25, -0.2) is 8.78 Å². The molecule has 0 aliphatic heterocycles. The molecule has 0 unspecified atom stereocenters. The molecule has 8 heteroatoms. The molecule has 0 atom stereocenters. The summed E-state index contributed by atoms with van der Waals surface area (Å²) in [5.41, 5.74) is -1.02. The molecule has 0 spiro atoms. The average molecular weight is 357 g/mol. The Balaban J connectivity index is 2.37. The van der Waals surface area contributed by atoms with E-state index in [1.54, 1.807) is 0 Å². The number of nitro groups is 1. The molecule has 0 saturated carbocycles. The number of hydrogen-bond acceptors (Lipinski definition) is 3. The van der Waals surface area contributed by atoms with Crippen molar-refractivity contribution in [3.63, 3.8) is 0 Å². The van der Waals surface area contributed by atoms with Gasteiger partial charge in [-0.2, -0.15) is 0 Å². The van der Waals surface area contributed by atoms with Gasteiger partial charge in [0.25, 0.3) is 11.6 Å². The highest BCUT2D eigenvalue weighted by Crippen LogP contribution is 2.25. The first-order chi connectivity index (χ1) is 9.90. The molecular weight excluding hydrogens is 350 g/mol. The Labute approximate surface area is 125 Å². The van der Waals surface area contributed by atoms with Crippen molar-refractivity contribution in [1.82, 2.24) is 0 Å². The van der Waals surface area contributed by atoms with E-state index >= 15 is 0 Å². The molecule has 0 radical (unpaired) electrons.